The van der Waals surface area contributed by atoms with Crippen molar-refractivity contribution in [3.63, 3.8) is 0 Å². The Labute approximate surface area is 109 Å². The lowest BCUT2D eigenvalue weighted by Gasteiger charge is -2.11. The molecule has 19 heavy (non-hydrogen) atoms. The minimum Gasteiger partial charge on any atom is -0.474 e. The minimum atomic E-state index is -1.53. The first-order valence-electron chi connectivity index (χ1n) is 5.58. The number of hydrogen-bond donors (Lipinski definition) is 3. The number of anilines is 2. The highest BCUT2D eigenvalue weighted by atomic mass is 16.4. The van der Waals surface area contributed by atoms with Crippen LogP contribution in [0.2, 0.25) is 0 Å². The Morgan fingerprint density at radius 2 is 1.53 bits per heavy atom. The van der Waals surface area contributed by atoms with E-state index in [2.05, 4.69) is 5.32 Å². The van der Waals surface area contributed by atoms with Gasteiger partial charge in [0, 0.05) is 22.5 Å². The molecule has 5 heteroatoms. The number of amides is 1. The zero-order chi connectivity index (χ0) is 13.8. The average Bonchev–Trinajstić information content (AvgIpc) is 2.40. The summed E-state index contributed by atoms with van der Waals surface area (Å²) in [5, 5.41) is 11.0. The summed E-state index contributed by atoms with van der Waals surface area (Å²) in [6.45, 7) is 0. The number of benzene rings is 2. The van der Waals surface area contributed by atoms with E-state index in [9.17, 15) is 9.59 Å². The second kappa shape index (κ2) is 5.22. The van der Waals surface area contributed by atoms with Crippen molar-refractivity contribution < 1.29 is 14.7 Å². The molecule has 0 aromatic heterocycles. The lowest BCUT2D eigenvalue weighted by Crippen LogP contribution is -2.22. The van der Waals surface area contributed by atoms with E-state index in [1.165, 1.54) is 0 Å². The van der Waals surface area contributed by atoms with Crippen LogP contribution in [-0.2, 0) is 9.59 Å². The maximum Gasteiger partial charge on any atom is 0.394 e. The van der Waals surface area contributed by atoms with Crippen LogP contribution in [0.3, 0.4) is 0 Å². The number of carbonyl (C=O) groups excluding carboxylic acids is 1. The Bertz CT molecular complexity index is 638. The van der Waals surface area contributed by atoms with Crippen LogP contribution in [0.25, 0.3) is 11.1 Å². The lowest BCUT2D eigenvalue weighted by molar-refractivity contribution is -0.147. The van der Waals surface area contributed by atoms with E-state index in [-0.39, 0.29) is 0 Å². The maximum absolute atomic E-state index is 11.2. The first kappa shape index (κ1) is 12.6. The van der Waals surface area contributed by atoms with Crippen molar-refractivity contribution in [2.75, 3.05) is 11.1 Å². The third kappa shape index (κ3) is 2.71. The van der Waals surface area contributed by atoms with Gasteiger partial charge in [-0.25, -0.2) is 4.79 Å². The number of nitrogen functional groups attached to an aromatic ring is 1. The van der Waals surface area contributed by atoms with Gasteiger partial charge in [-0.1, -0.05) is 36.4 Å². The molecule has 5 nitrogen and oxygen atoms in total. The van der Waals surface area contributed by atoms with E-state index in [4.69, 9.17) is 10.8 Å². The van der Waals surface area contributed by atoms with Crippen molar-refractivity contribution in [1.82, 2.24) is 0 Å². The second-order valence-electron chi connectivity index (χ2n) is 3.89. The van der Waals surface area contributed by atoms with Gasteiger partial charge in [-0.15, -0.1) is 0 Å². The number of para-hydroxylation sites is 2. The molecular weight excluding hydrogens is 244 g/mol. The summed E-state index contributed by atoms with van der Waals surface area (Å²) >= 11 is 0. The molecule has 0 unspecified atom stereocenters. The predicted molar refractivity (Wildman–Crippen MR) is 72.6 cm³/mol. The number of carboxylic acids is 1. The number of rotatable bonds is 2. The Morgan fingerprint density at radius 3 is 2.16 bits per heavy atom. The molecule has 0 spiro atoms. The van der Waals surface area contributed by atoms with Crippen molar-refractivity contribution in [2.45, 2.75) is 0 Å². The fourth-order valence-electron chi connectivity index (χ4n) is 1.75. The molecule has 0 aliphatic heterocycles. The highest BCUT2D eigenvalue weighted by Gasteiger charge is 2.14. The van der Waals surface area contributed by atoms with Crippen LogP contribution in [0.1, 0.15) is 0 Å². The Morgan fingerprint density at radius 1 is 0.947 bits per heavy atom. The first-order chi connectivity index (χ1) is 9.09. The van der Waals surface area contributed by atoms with Crippen molar-refractivity contribution in [3.8, 4) is 11.1 Å². The van der Waals surface area contributed by atoms with E-state index in [0.29, 0.717) is 16.9 Å². The summed E-state index contributed by atoms with van der Waals surface area (Å²) in [5.41, 5.74) is 8.26. The molecule has 2 rings (SSSR count). The number of carboxylic acid groups (broad SMARTS) is 1. The van der Waals surface area contributed by atoms with Crippen molar-refractivity contribution in [2.24, 2.45) is 0 Å². The molecule has 0 saturated heterocycles. The average molecular weight is 256 g/mol. The summed E-state index contributed by atoms with van der Waals surface area (Å²) in [7, 11) is 0. The molecule has 0 atom stereocenters. The summed E-state index contributed by atoms with van der Waals surface area (Å²) in [6.07, 6.45) is 0. The molecule has 0 bridgehead atoms. The third-order valence-electron chi connectivity index (χ3n) is 2.62. The predicted octanol–water partition coefficient (Wildman–Crippen LogP) is 1.96. The van der Waals surface area contributed by atoms with Crippen LogP contribution in [-0.4, -0.2) is 17.0 Å². The standard InChI is InChI=1S/C14H12N2O3/c15-11-7-3-1-5-9(11)10-6-2-4-8-12(10)16-13(17)14(18)19/h1-8H,15H2,(H,16,17)(H,18,19). The van der Waals surface area contributed by atoms with Crippen molar-refractivity contribution >= 4 is 23.3 Å². The van der Waals surface area contributed by atoms with Crippen molar-refractivity contribution in [3.05, 3.63) is 48.5 Å². The number of nitrogens with one attached hydrogen (secondary N) is 1. The van der Waals surface area contributed by atoms with E-state index >= 15 is 0 Å². The maximum atomic E-state index is 11.2. The van der Waals surface area contributed by atoms with Crippen molar-refractivity contribution in [1.29, 1.82) is 0 Å². The second-order valence-corrected chi connectivity index (χ2v) is 3.89. The van der Waals surface area contributed by atoms with Crippen LogP contribution in [0.5, 0.6) is 0 Å². The van der Waals surface area contributed by atoms with Gasteiger partial charge in [-0.05, 0) is 12.1 Å². The molecule has 0 aliphatic rings. The van der Waals surface area contributed by atoms with E-state index in [0.717, 1.165) is 5.56 Å². The molecule has 0 heterocycles. The normalized spacial score (nSPS) is 9.89. The van der Waals surface area contributed by atoms with Crippen LogP contribution in [0.15, 0.2) is 48.5 Å². The largest absolute Gasteiger partial charge is 0.474 e. The number of aliphatic carboxylic acids is 1. The highest BCUT2D eigenvalue weighted by molar-refractivity contribution is 6.36. The van der Waals surface area contributed by atoms with Gasteiger partial charge < -0.3 is 16.2 Å². The van der Waals surface area contributed by atoms with E-state index in [1.807, 2.05) is 6.07 Å². The van der Waals surface area contributed by atoms with Gasteiger partial charge in [0.2, 0.25) is 0 Å². The van der Waals surface area contributed by atoms with Gasteiger partial charge in [0.05, 0.1) is 0 Å². The fourth-order valence-corrected chi connectivity index (χ4v) is 1.75. The minimum absolute atomic E-state index is 0.410. The van der Waals surface area contributed by atoms with Gasteiger partial charge in [0.15, 0.2) is 0 Å². The van der Waals surface area contributed by atoms with Crippen LogP contribution >= 0.6 is 0 Å². The summed E-state index contributed by atoms with van der Waals surface area (Å²) in [6, 6.07) is 14.1. The molecule has 0 saturated carbocycles. The number of hydrogen-bond acceptors (Lipinski definition) is 3. The van der Waals surface area contributed by atoms with Crippen LogP contribution < -0.4 is 11.1 Å². The Hall–Kier alpha value is -2.82. The van der Waals surface area contributed by atoms with Gasteiger partial charge in [0.25, 0.3) is 0 Å². The van der Waals surface area contributed by atoms with Gasteiger partial charge in [-0.3, -0.25) is 4.79 Å². The quantitative estimate of drug-likeness (QED) is 0.565. The number of carbonyl (C=O) groups is 2. The monoisotopic (exact) mass is 256 g/mol. The van der Waals surface area contributed by atoms with Gasteiger partial charge >= 0.3 is 11.9 Å². The topological polar surface area (TPSA) is 92.4 Å². The molecule has 1 amide bonds. The molecule has 96 valence electrons. The molecule has 0 fully saturated rings. The molecule has 0 radical (unpaired) electrons. The van der Waals surface area contributed by atoms with Crippen LogP contribution in [0.4, 0.5) is 11.4 Å². The first-order valence-corrected chi connectivity index (χ1v) is 5.58. The zero-order valence-corrected chi connectivity index (χ0v) is 9.96. The number of nitrogens with two attached hydrogens (primary N) is 1. The zero-order valence-electron chi connectivity index (χ0n) is 9.96. The molecule has 2 aromatic rings. The van der Waals surface area contributed by atoms with Crippen LogP contribution in [0, 0.1) is 0 Å². The van der Waals surface area contributed by atoms with E-state index in [1.54, 1.807) is 42.5 Å². The SMILES string of the molecule is Nc1ccccc1-c1ccccc1NC(=O)C(=O)O. The summed E-state index contributed by atoms with van der Waals surface area (Å²) < 4.78 is 0. The molecule has 4 N–H and O–H groups in total. The fraction of sp³-hybridized carbons (Fsp3) is 0. The van der Waals surface area contributed by atoms with E-state index < -0.39 is 11.9 Å². The summed E-state index contributed by atoms with van der Waals surface area (Å²) in [5.74, 6) is -2.61. The lowest BCUT2D eigenvalue weighted by atomic mass is 10.0. The molecule has 0 aliphatic carbocycles. The molecule has 2 aromatic carbocycles. The summed E-state index contributed by atoms with van der Waals surface area (Å²) in [4.78, 5) is 21.8. The molecular formula is C14H12N2O3. The highest BCUT2D eigenvalue weighted by Crippen LogP contribution is 2.31. The smallest absolute Gasteiger partial charge is 0.394 e. The Balaban J connectivity index is 2.45. The van der Waals surface area contributed by atoms with Gasteiger partial charge in [-0.2, -0.15) is 0 Å². The van der Waals surface area contributed by atoms with Gasteiger partial charge in [0.1, 0.15) is 0 Å². The Kier molecular flexibility index (Phi) is 3.47. The third-order valence-corrected chi connectivity index (χ3v) is 2.62.